The van der Waals surface area contributed by atoms with Crippen molar-refractivity contribution in [3.8, 4) is 28.4 Å². The maximum absolute atomic E-state index is 13.2. The molecule has 0 atom stereocenters. The second kappa shape index (κ2) is 11.8. The third kappa shape index (κ3) is 5.65. The van der Waals surface area contributed by atoms with E-state index in [0.717, 1.165) is 33.5 Å². The molecule has 3 aromatic carbocycles. The van der Waals surface area contributed by atoms with Gasteiger partial charge in [-0.25, -0.2) is 9.78 Å². The van der Waals surface area contributed by atoms with Gasteiger partial charge in [0.25, 0.3) is 5.91 Å². The lowest BCUT2D eigenvalue weighted by Gasteiger charge is -2.15. The number of carboxylic acid groups (broad SMARTS) is 1. The molecule has 2 N–H and O–H groups in total. The summed E-state index contributed by atoms with van der Waals surface area (Å²) in [6.07, 6.45) is 4.01. The van der Waals surface area contributed by atoms with Crippen LogP contribution in [-0.4, -0.2) is 63.5 Å². The van der Waals surface area contributed by atoms with Crippen LogP contribution in [0, 0.1) is 0 Å². The maximum atomic E-state index is 13.2. The molecule has 1 aromatic heterocycles. The number of carbonyl (C=O) groups excluding carboxylic acids is 1. The van der Waals surface area contributed by atoms with Crippen LogP contribution in [0.2, 0.25) is 0 Å². The summed E-state index contributed by atoms with van der Waals surface area (Å²) in [6.45, 7) is 0.678. The van der Waals surface area contributed by atoms with E-state index >= 15 is 0 Å². The number of ether oxygens (including phenoxy) is 3. The first kappa shape index (κ1) is 27.2. The van der Waals surface area contributed by atoms with Crippen molar-refractivity contribution in [3.63, 3.8) is 0 Å². The molecule has 9 nitrogen and oxygen atoms in total. The third-order valence-electron chi connectivity index (χ3n) is 6.32. The Labute approximate surface area is 239 Å². The second-order valence-corrected chi connectivity index (χ2v) is 10.5. The highest BCUT2D eigenvalue weighted by atomic mass is 32.2. The Hall–Kier alpha value is -4.35. The second-order valence-electron chi connectivity index (χ2n) is 8.80. The van der Waals surface area contributed by atoms with E-state index in [9.17, 15) is 9.59 Å². The molecular formula is C29H25N3O6S2. The fourth-order valence-electron chi connectivity index (χ4n) is 4.31. The zero-order chi connectivity index (χ0) is 28.2. The van der Waals surface area contributed by atoms with Crippen molar-refractivity contribution < 1.29 is 28.9 Å². The molecule has 1 amide bonds. The molecule has 5 rings (SSSR count). The number of nitrogens with one attached hydrogen (secondary N) is 1. The van der Waals surface area contributed by atoms with E-state index in [4.69, 9.17) is 31.5 Å². The Bertz CT molecular complexity index is 1650. The van der Waals surface area contributed by atoms with Gasteiger partial charge in [0, 0.05) is 12.1 Å². The summed E-state index contributed by atoms with van der Waals surface area (Å²) in [5.41, 5.74) is 4.61. The molecule has 0 radical (unpaired) electrons. The standard InChI is InChI=1S/C29H25N3O6S2/c1-36-23-8-4-17(12-20(23)18-5-7-21-22(14-18)31-16-30-21)13-26-27(33)32(29(39)40-26)10-3-11-38-24-9-6-19(28(34)35)15-25(24)37-2/h4-9,12-16H,3,10-11H2,1-2H3,(H,30,31)(H,34,35)/b26-13-. The van der Waals surface area contributed by atoms with E-state index in [1.165, 1.54) is 31.0 Å². The fourth-order valence-corrected chi connectivity index (χ4v) is 5.62. The Morgan fingerprint density at radius 2 is 1.88 bits per heavy atom. The molecule has 11 heteroatoms. The van der Waals surface area contributed by atoms with Crippen LogP contribution < -0.4 is 14.2 Å². The zero-order valence-corrected chi connectivity index (χ0v) is 23.3. The van der Waals surface area contributed by atoms with Gasteiger partial charge in [-0.15, -0.1) is 0 Å². The van der Waals surface area contributed by atoms with Crippen molar-refractivity contribution >= 4 is 57.3 Å². The molecule has 204 valence electrons. The minimum absolute atomic E-state index is 0.108. The van der Waals surface area contributed by atoms with E-state index in [1.54, 1.807) is 24.4 Å². The minimum atomic E-state index is -1.05. The van der Waals surface area contributed by atoms with Gasteiger partial charge in [0.1, 0.15) is 10.1 Å². The van der Waals surface area contributed by atoms with Crippen LogP contribution in [0.4, 0.5) is 0 Å². The zero-order valence-electron chi connectivity index (χ0n) is 21.7. The largest absolute Gasteiger partial charge is 0.496 e. The highest BCUT2D eigenvalue weighted by Gasteiger charge is 2.31. The average Bonchev–Trinajstić information content (AvgIpc) is 3.54. The molecule has 1 saturated heterocycles. The summed E-state index contributed by atoms with van der Waals surface area (Å²) in [4.78, 5) is 33.9. The molecule has 0 aliphatic carbocycles. The van der Waals surface area contributed by atoms with Crippen LogP contribution in [-0.2, 0) is 4.79 Å². The topological polar surface area (TPSA) is 114 Å². The van der Waals surface area contributed by atoms with Gasteiger partial charge in [0.15, 0.2) is 11.5 Å². The van der Waals surface area contributed by atoms with Crippen molar-refractivity contribution in [2.24, 2.45) is 0 Å². The quantitative estimate of drug-likeness (QED) is 0.141. The number of thioether (sulfide) groups is 1. The van der Waals surface area contributed by atoms with Crippen LogP contribution in [0.5, 0.6) is 17.2 Å². The first-order valence-electron chi connectivity index (χ1n) is 12.3. The molecule has 0 spiro atoms. The fraction of sp³-hybridized carbons (Fsp3) is 0.172. The van der Waals surface area contributed by atoms with Crippen LogP contribution >= 0.6 is 24.0 Å². The normalized spacial score (nSPS) is 14.2. The molecular weight excluding hydrogens is 550 g/mol. The maximum Gasteiger partial charge on any atom is 0.335 e. The number of fused-ring (bicyclic) bond motifs is 1. The number of nitrogens with zero attached hydrogens (tertiary/aromatic N) is 2. The van der Waals surface area contributed by atoms with Crippen LogP contribution in [0.15, 0.2) is 65.8 Å². The molecule has 0 bridgehead atoms. The van der Waals surface area contributed by atoms with E-state index < -0.39 is 5.97 Å². The van der Waals surface area contributed by atoms with E-state index in [0.29, 0.717) is 40.3 Å². The van der Waals surface area contributed by atoms with Gasteiger partial charge >= 0.3 is 5.97 Å². The van der Waals surface area contributed by atoms with Gasteiger partial charge < -0.3 is 24.3 Å². The summed E-state index contributed by atoms with van der Waals surface area (Å²) < 4.78 is 17.1. The van der Waals surface area contributed by atoms with Gasteiger partial charge in [-0.1, -0.05) is 36.1 Å². The Morgan fingerprint density at radius 3 is 2.65 bits per heavy atom. The van der Waals surface area contributed by atoms with Gasteiger partial charge in [0.2, 0.25) is 0 Å². The number of carboxylic acids is 1. The number of aromatic amines is 1. The Balaban J connectivity index is 1.26. The minimum Gasteiger partial charge on any atom is -0.496 e. The lowest BCUT2D eigenvalue weighted by Crippen LogP contribution is -2.29. The average molecular weight is 576 g/mol. The highest BCUT2D eigenvalue weighted by molar-refractivity contribution is 8.26. The molecule has 1 aliphatic rings. The number of carbonyl (C=O) groups is 2. The molecule has 4 aromatic rings. The summed E-state index contributed by atoms with van der Waals surface area (Å²) in [5, 5.41) is 9.15. The summed E-state index contributed by atoms with van der Waals surface area (Å²) in [5.74, 6) is 0.276. The van der Waals surface area contributed by atoms with Crippen molar-refractivity contribution in [1.82, 2.24) is 14.9 Å². The Kier molecular flexibility index (Phi) is 8.04. The predicted molar refractivity (Wildman–Crippen MR) is 158 cm³/mol. The number of imidazole rings is 1. The number of H-pyrrole nitrogens is 1. The monoisotopic (exact) mass is 575 g/mol. The number of rotatable bonds is 10. The van der Waals surface area contributed by atoms with Crippen LogP contribution in [0.3, 0.4) is 0 Å². The number of benzene rings is 3. The van der Waals surface area contributed by atoms with Crippen molar-refractivity contribution in [2.75, 3.05) is 27.4 Å². The van der Waals surface area contributed by atoms with Gasteiger partial charge in [0.05, 0.1) is 48.7 Å². The van der Waals surface area contributed by atoms with E-state index in [1.807, 2.05) is 42.5 Å². The first-order valence-corrected chi connectivity index (χ1v) is 13.5. The lowest BCUT2D eigenvalue weighted by molar-refractivity contribution is -0.122. The highest BCUT2D eigenvalue weighted by Crippen LogP contribution is 2.36. The van der Waals surface area contributed by atoms with E-state index in [2.05, 4.69) is 9.97 Å². The van der Waals surface area contributed by atoms with Crippen LogP contribution in [0.1, 0.15) is 22.3 Å². The van der Waals surface area contributed by atoms with E-state index in [-0.39, 0.29) is 11.5 Å². The number of methoxy groups -OCH3 is 2. The lowest BCUT2D eigenvalue weighted by atomic mass is 10.0. The van der Waals surface area contributed by atoms with Crippen molar-refractivity contribution in [1.29, 1.82) is 0 Å². The molecule has 40 heavy (non-hydrogen) atoms. The van der Waals surface area contributed by atoms with Gasteiger partial charge in [-0.2, -0.15) is 0 Å². The molecule has 0 saturated carbocycles. The number of aromatic carboxylic acids is 1. The SMILES string of the molecule is COc1cc(C(=O)O)ccc1OCCCN1C(=O)/C(=C/c2ccc(OC)c(-c3ccc4nc[nH]c4c3)c2)SC1=S. The van der Waals surface area contributed by atoms with Gasteiger partial charge in [-0.3, -0.25) is 9.69 Å². The number of hydrogen-bond acceptors (Lipinski definition) is 8. The third-order valence-corrected chi connectivity index (χ3v) is 7.70. The molecule has 0 unspecified atom stereocenters. The number of aromatic nitrogens is 2. The molecule has 2 heterocycles. The number of hydrogen-bond donors (Lipinski definition) is 2. The number of amides is 1. The molecule has 1 aliphatic heterocycles. The Morgan fingerprint density at radius 1 is 1.07 bits per heavy atom. The summed E-state index contributed by atoms with van der Waals surface area (Å²) in [7, 11) is 3.08. The van der Waals surface area contributed by atoms with Crippen molar-refractivity contribution in [2.45, 2.75) is 6.42 Å². The first-order chi connectivity index (χ1) is 19.4. The summed E-state index contributed by atoms with van der Waals surface area (Å²) in [6, 6.07) is 16.1. The molecule has 1 fully saturated rings. The summed E-state index contributed by atoms with van der Waals surface area (Å²) >= 11 is 6.76. The van der Waals surface area contributed by atoms with Crippen molar-refractivity contribution in [3.05, 3.63) is 77.0 Å². The van der Waals surface area contributed by atoms with Gasteiger partial charge in [-0.05, 0) is 66.1 Å². The van der Waals surface area contributed by atoms with Crippen LogP contribution in [0.25, 0.3) is 28.2 Å². The predicted octanol–water partition coefficient (Wildman–Crippen LogP) is 5.62. The smallest absolute Gasteiger partial charge is 0.335 e. The number of thiocarbonyl (C=S) groups is 1.